The van der Waals surface area contributed by atoms with E-state index >= 15 is 0 Å². The van der Waals surface area contributed by atoms with E-state index in [0.717, 1.165) is 17.4 Å². The maximum Gasteiger partial charge on any atom is 0.378 e. The number of nitro groups is 1. The number of hydrogen-bond acceptors (Lipinski definition) is 7. The van der Waals surface area contributed by atoms with Gasteiger partial charge >= 0.3 is 7.60 Å². The monoisotopic (exact) mass is 307 g/mol. The van der Waals surface area contributed by atoms with Gasteiger partial charge in [-0.1, -0.05) is 0 Å². The minimum Gasteiger partial charge on any atom is -0.305 e. The van der Waals surface area contributed by atoms with Gasteiger partial charge in [0.1, 0.15) is 0 Å². The first-order chi connectivity index (χ1) is 8.85. The van der Waals surface area contributed by atoms with Crippen molar-refractivity contribution in [3.05, 3.63) is 21.1 Å². The summed E-state index contributed by atoms with van der Waals surface area (Å²) in [5.41, 5.74) is -0.402. The number of nitrogens with zero attached hydrogens (tertiary/aromatic N) is 1. The first-order valence-electron chi connectivity index (χ1n) is 5.54. The third-order valence-electron chi connectivity index (χ3n) is 2.08. The van der Waals surface area contributed by atoms with Crippen LogP contribution < -0.4 is 4.62 Å². The zero-order valence-corrected chi connectivity index (χ0v) is 12.5. The first kappa shape index (κ1) is 16.0. The van der Waals surface area contributed by atoms with Gasteiger partial charge in [0.15, 0.2) is 10.4 Å². The van der Waals surface area contributed by atoms with Crippen molar-refractivity contribution in [2.45, 2.75) is 20.8 Å². The summed E-state index contributed by atoms with van der Waals surface area (Å²) in [6, 6.07) is 1.10. The number of rotatable bonds is 7. The summed E-state index contributed by atoms with van der Waals surface area (Å²) in [7, 11) is -3.76. The highest BCUT2D eigenvalue weighted by Gasteiger charge is 2.38. The Morgan fingerprint density at radius 1 is 1.42 bits per heavy atom. The number of thiophene rings is 1. The van der Waals surface area contributed by atoms with Crippen molar-refractivity contribution in [3.63, 3.8) is 0 Å². The van der Waals surface area contributed by atoms with Crippen LogP contribution in [0.3, 0.4) is 0 Å². The SMILES string of the molecule is CCOP(=O)(OCC)c1sc(C(C)=O)cc1[N+](=O)[O-]. The van der Waals surface area contributed by atoms with E-state index in [0.29, 0.717) is 0 Å². The third-order valence-corrected chi connectivity index (χ3v) is 5.98. The topological polar surface area (TPSA) is 95.7 Å². The van der Waals surface area contributed by atoms with Gasteiger partial charge < -0.3 is 9.05 Å². The van der Waals surface area contributed by atoms with Crippen molar-refractivity contribution < 1.29 is 23.3 Å². The second-order valence-electron chi connectivity index (χ2n) is 3.45. The average Bonchev–Trinajstić information content (AvgIpc) is 2.75. The quantitative estimate of drug-likeness (QED) is 0.332. The molecule has 0 aliphatic carbocycles. The smallest absolute Gasteiger partial charge is 0.305 e. The van der Waals surface area contributed by atoms with E-state index in [9.17, 15) is 19.5 Å². The zero-order chi connectivity index (χ0) is 14.6. The molecule has 0 unspecified atom stereocenters. The van der Waals surface area contributed by atoms with E-state index in [1.54, 1.807) is 13.8 Å². The first-order valence-corrected chi connectivity index (χ1v) is 7.90. The lowest BCUT2D eigenvalue weighted by Crippen LogP contribution is -2.10. The summed E-state index contributed by atoms with van der Waals surface area (Å²) in [6.45, 7) is 4.67. The van der Waals surface area contributed by atoms with Crippen LogP contribution in [0.1, 0.15) is 30.4 Å². The number of carbonyl (C=O) groups is 1. The van der Waals surface area contributed by atoms with Gasteiger partial charge in [-0.15, -0.1) is 11.3 Å². The van der Waals surface area contributed by atoms with Crippen molar-refractivity contribution in [1.82, 2.24) is 0 Å². The molecule has 0 atom stereocenters. The molecule has 0 N–H and O–H groups in total. The Morgan fingerprint density at radius 3 is 2.32 bits per heavy atom. The normalized spacial score (nSPS) is 11.5. The van der Waals surface area contributed by atoms with E-state index < -0.39 is 18.2 Å². The van der Waals surface area contributed by atoms with Crippen LogP contribution in [0.5, 0.6) is 0 Å². The lowest BCUT2D eigenvalue weighted by molar-refractivity contribution is -0.383. The summed E-state index contributed by atoms with van der Waals surface area (Å²) in [4.78, 5) is 21.7. The number of Topliss-reactive ketones (excluding diaryl/α,β-unsaturated/α-hetero) is 1. The molecule has 7 nitrogen and oxygen atoms in total. The molecule has 0 saturated heterocycles. The molecule has 0 radical (unpaired) electrons. The van der Waals surface area contributed by atoms with Gasteiger partial charge in [0.2, 0.25) is 0 Å². The fourth-order valence-electron chi connectivity index (χ4n) is 1.37. The van der Waals surface area contributed by atoms with Crippen molar-refractivity contribution in [1.29, 1.82) is 0 Å². The molecular weight excluding hydrogens is 293 g/mol. The summed E-state index contributed by atoms with van der Waals surface area (Å²) in [5, 5.41) is 11.0. The highest BCUT2D eigenvalue weighted by molar-refractivity contribution is 7.69. The number of ketones is 1. The molecule has 0 amide bonds. The van der Waals surface area contributed by atoms with E-state index in [2.05, 4.69) is 0 Å². The average molecular weight is 307 g/mol. The minimum atomic E-state index is -3.76. The lowest BCUT2D eigenvalue weighted by Gasteiger charge is -2.14. The van der Waals surface area contributed by atoms with Crippen LogP contribution in [-0.2, 0) is 13.6 Å². The number of hydrogen-bond donors (Lipinski definition) is 0. The highest BCUT2D eigenvalue weighted by atomic mass is 32.1. The lowest BCUT2D eigenvalue weighted by atomic mass is 10.3. The maximum absolute atomic E-state index is 12.5. The standard InChI is InChI=1S/C10H14NO6PS/c1-4-16-18(15,17-5-2)10-8(11(13)14)6-9(19-10)7(3)12/h6H,4-5H2,1-3H3. The maximum atomic E-state index is 12.5. The van der Waals surface area contributed by atoms with Crippen LogP contribution in [0.25, 0.3) is 0 Å². The molecule has 0 aromatic carbocycles. The minimum absolute atomic E-state index is 0.0851. The molecule has 0 bridgehead atoms. The summed E-state index contributed by atoms with van der Waals surface area (Å²) in [5.74, 6) is -0.334. The van der Waals surface area contributed by atoms with Crippen LogP contribution in [0.2, 0.25) is 0 Å². The molecule has 1 rings (SSSR count). The molecule has 0 aliphatic rings. The predicted octanol–water partition coefficient (Wildman–Crippen LogP) is 2.75. The summed E-state index contributed by atoms with van der Waals surface area (Å²) >= 11 is 0.778. The Kier molecular flexibility index (Phi) is 5.37. The Morgan fingerprint density at radius 2 is 1.95 bits per heavy atom. The summed E-state index contributed by atoms with van der Waals surface area (Å²) in [6.07, 6.45) is 0. The predicted molar refractivity (Wildman–Crippen MR) is 71.5 cm³/mol. The van der Waals surface area contributed by atoms with Crippen LogP contribution in [-0.4, -0.2) is 23.9 Å². The van der Waals surface area contributed by atoms with E-state index in [1.807, 2.05) is 0 Å². The van der Waals surface area contributed by atoms with E-state index in [-0.39, 0.29) is 28.5 Å². The second-order valence-corrected chi connectivity index (χ2v) is 6.76. The molecule has 1 aromatic heterocycles. The largest absolute Gasteiger partial charge is 0.378 e. The highest BCUT2D eigenvalue weighted by Crippen LogP contribution is 2.51. The molecule has 0 fully saturated rings. The van der Waals surface area contributed by atoms with Crippen LogP contribution >= 0.6 is 18.9 Å². The summed E-state index contributed by atoms with van der Waals surface area (Å²) < 4.78 is 22.5. The van der Waals surface area contributed by atoms with Crippen molar-refractivity contribution >= 4 is 35.0 Å². The Bertz CT molecular complexity index is 530. The molecule has 1 heterocycles. The zero-order valence-electron chi connectivity index (χ0n) is 10.7. The molecule has 9 heteroatoms. The fourth-order valence-corrected chi connectivity index (χ4v) is 4.60. The Balaban J connectivity index is 3.40. The van der Waals surface area contributed by atoms with Gasteiger partial charge in [-0.25, -0.2) is 0 Å². The van der Waals surface area contributed by atoms with E-state index in [4.69, 9.17) is 9.05 Å². The van der Waals surface area contributed by atoms with Gasteiger partial charge in [-0.2, -0.15) is 0 Å². The van der Waals surface area contributed by atoms with Gasteiger partial charge in [0, 0.05) is 6.07 Å². The van der Waals surface area contributed by atoms with Crippen LogP contribution in [0.4, 0.5) is 5.69 Å². The molecule has 0 saturated carbocycles. The van der Waals surface area contributed by atoms with Gasteiger partial charge in [0.25, 0.3) is 5.69 Å². The molecule has 106 valence electrons. The third kappa shape index (κ3) is 3.48. The van der Waals surface area contributed by atoms with Crippen LogP contribution in [0.15, 0.2) is 6.07 Å². The molecule has 0 aliphatic heterocycles. The molecular formula is C10H14NO6PS. The number of carbonyl (C=O) groups excluding carboxylic acids is 1. The van der Waals surface area contributed by atoms with Crippen molar-refractivity contribution in [3.8, 4) is 0 Å². The molecule has 19 heavy (non-hydrogen) atoms. The Labute approximate surface area is 114 Å². The van der Waals surface area contributed by atoms with Gasteiger partial charge in [0.05, 0.1) is 23.0 Å². The van der Waals surface area contributed by atoms with Crippen LogP contribution in [0, 0.1) is 10.1 Å². The van der Waals surface area contributed by atoms with Crippen molar-refractivity contribution in [2.24, 2.45) is 0 Å². The Hall–Kier alpha value is -1.08. The van der Waals surface area contributed by atoms with Crippen molar-refractivity contribution in [2.75, 3.05) is 13.2 Å². The molecule has 0 spiro atoms. The molecule has 1 aromatic rings. The van der Waals surface area contributed by atoms with E-state index in [1.165, 1.54) is 6.92 Å². The second kappa shape index (κ2) is 6.38. The van der Waals surface area contributed by atoms with Gasteiger partial charge in [-0.3, -0.25) is 19.5 Å². The van der Waals surface area contributed by atoms with Gasteiger partial charge in [-0.05, 0) is 20.8 Å². The fraction of sp³-hybridized carbons (Fsp3) is 0.500.